The normalized spacial score (nSPS) is 12.5. The van der Waals surface area contributed by atoms with Crippen LogP contribution in [0.3, 0.4) is 0 Å². The minimum absolute atomic E-state index is 0.251. The fraction of sp³-hybridized carbons (Fsp3) is 0.136. The molecule has 5 heteroatoms. The van der Waals surface area contributed by atoms with E-state index in [1.807, 2.05) is 0 Å². The first-order chi connectivity index (χ1) is 13.1. The molecule has 0 bridgehead atoms. The van der Waals surface area contributed by atoms with Crippen molar-refractivity contribution >= 4 is 38.2 Å². The summed E-state index contributed by atoms with van der Waals surface area (Å²) in [6.07, 6.45) is 0. The first-order valence-electron chi connectivity index (χ1n) is 8.81. The molecule has 4 rings (SSSR count). The summed E-state index contributed by atoms with van der Waals surface area (Å²) in [6.45, 7) is 0.860. The predicted octanol–water partition coefficient (Wildman–Crippen LogP) is 4.22. The molecule has 0 amide bonds. The highest BCUT2D eigenvalue weighted by Gasteiger charge is 2.12. The molecule has 0 aliphatic carbocycles. The van der Waals surface area contributed by atoms with Gasteiger partial charge in [0.05, 0.1) is 0 Å². The van der Waals surface area contributed by atoms with Gasteiger partial charge in [-0.05, 0) is 39.4 Å². The third kappa shape index (κ3) is 3.71. The molecule has 136 valence electrons. The molecule has 0 spiro atoms. The van der Waals surface area contributed by atoms with Crippen LogP contribution >= 0.6 is 11.3 Å². The molecular formula is C22H20N2O2S. The number of fused-ring (bicyclic) bond motifs is 2. The van der Waals surface area contributed by atoms with Crippen LogP contribution in [-0.4, -0.2) is 23.7 Å². The number of carbonyl (C=O) groups is 1. The minimum atomic E-state index is -0.988. The standard InChI is InChI=1S/C22H20N2O2S/c23-20(22(25)26)13-24-12-18-11-17-6-3-7-19(21(17)27-18)16-9-8-14-4-1-2-5-15(14)10-16/h1-11,20,24H,12-13,23H2,(H,25,26). The number of hydrogen-bond acceptors (Lipinski definition) is 4. The summed E-state index contributed by atoms with van der Waals surface area (Å²) in [5.41, 5.74) is 7.96. The zero-order valence-corrected chi connectivity index (χ0v) is 15.5. The average Bonchev–Trinajstić information content (AvgIpc) is 3.10. The number of benzene rings is 3. The maximum atomic E-state index is 10.8. The van der Waals surface area contributed by atoms with Crippen molar-refractivity contribution in [2.75, 3.05) is 6.54 Å². The van der Waals surface area contributed by atoms with E-state index < -0.39 is 12.0 Å². The van der Waals surface area contributed by atoms with Crippen molar-refractivity contribution in [2.45, 2.75) is 12.6 Å². The highest BCUT2D eigenvalue weighted by atomic mass is 32.1. The zero-order valence-electron chi connectivity index (χ0n) is 14.7. The lowest BCUT2D eigenvalue weighted by Crippen LogP contribution is -2.39. The fourth-order valence-corrected chi connectivity index (χ4v) is 4.39. The molecule has 1 unspecified atom stereocenters. The molecule has 4 N–H and O–H groups in total. The molecule has 0 fully saturated rings. The largest absolute Gasteiger partial charge is 0.480 e. The molecule has 4 nitrogen and oxygen atoms in total. The Balaban J connectivity index is 1.63. The molecule has 3 aromatic carbocycles. The van der Waals surface area contributed by atoms with Gasteiger partial charge in [-0.1, -0.05) is 54.6 Å². The van der Waals surface area contributed by atoms with Crippen LogP contribution in [0.15, 0.2) is 66.7 Å². The van der Waals surface area contributed by atoms with Crippen LogP contribution in [0.4, 0.5) is 0 Å². The summed E-state index contributed by atoms with van der Waals surface area (Å²) in [5.74, 6) is -0.988. The second kappa shape index (κ2) is 7.48. The number of nitrogens with one attached hydrogen (secondary N) is 1. The Morgan fingerprint density at radius 2 is 1.78 bits per heavy atom. The van der Waals surface area contributed by atoms with Crippen molar-refractivity contribution in [3.8, 4) is 11.1 Å². The second-order valence-electron chi connectivity index (χ2n) is 6.57. The van der Waals surface area contributed by atoms with Crippen molar-refractivity contribution in [3.63, 3.8) is 0 Å². The molecule has 0 saturated heterocycles. The van der Waals surface area contributed by atoms with Crippen LogP contribution < -0.4 is 11.1 Å². The number of thiophene rings is 1. The van der Waals surface area contributed by atoms with Crippen LogP contribution in [0.1, 0.15) is 4.88 Å². The number of carboxylic acids is 1. The van der Waals surface area contributed by atoms with Gasteiger partial charge in [0, 0.05) is 22.7 Å². The zero-order chi connectivity index (χ0) is 18.8. The number of nitrogens with two attached hydrogens (primary N) is 1. The Kier molecular flexibility index (Phi) is 4.90. The van der Waals surface area contributed by atoms with Gasteiger partial charge in [0.2, 0.25) is 0 Å². The predicted molar refractivity (Wildman–Crippen MR) is 112 cm³/mol. The number of hydrogen-bond donors (Lipinski definition) is 3. The summed E-state index contributed by atoms with van der Waals surface area (Å²) >= 11 is 1.73. The van der Waals surface area contributed by atoms with Gasteiger partial charge in [0.15, 0.2) is 0 Å². The summed E-state index contributed by atoms with van der Waals surface area (Å²) in [6, 6.07) is 22.5. The smallest absolute Gasteiger partial charge is 0.321 e. The molecule has 4 aromatic rings. The minimum Gasteiger partial charge on any atom is -0.480 e. The van der Waals surface area contributed by atoms with Crippen LogP contribution in [0.2, 0.25) is 0 Å². The molecule has 0 aliphatic heterocycles. The Bertz CT molecular complexity index is 1120. The Labute approximate surface area is 161 Å². The van der Waals surface area contributed by atoms with E-state index in [4.69, 9.17) is 10.8 Å². The van der Waals surface area contributed by atoms with Crippen molar-refractivity contribution in [1.29, 1.82) is 0 Å². The molecule has 1 atom stereocenters. The Morgan fingerprint density at radius 3 is 2.59 bits per heavy atom. The molecular weight excluding hydrogens is 356 g/mol. The van der Waals surface area contributed by atoms with Crippen LogP contribution in [0.5, 0.6) is 0 Å². The maximum absolute atomic E-state index is 10.8. The quantitative estimate of drug-likeness (QED) is 0.471. The first-order valence-corrected chi connectivity index (χ1v) is 9.63. The van der Waals surface area contributed by atoms with Crippen molar-refractivity contribution in [3.05, 3.63) is 71.6 Å². The third-order valence-corrected chi connectivity index (χ3v) is 5.82. The second-order valence-corrected chi connectivity index (χ2v) is 7.71. The van der Waals surface area contributed by atoms with E-state index in [-0.39, 0.29) is 6.54 Å². The first kappa shape index (κ1) is 17.7. The van der Waals surface area contributed by atoms with Gasteiger partial charge in [-0.25, -0.2) is 0 Å². The monoisotopic (exact) mass is 376 g/mol. The van der Waals surface area contributed by atoms with Gasteiger partial charge < -0.3 is 16.2 Å². The van der Waals surface area contributed by atoms with Gasteiger partial charge in [-0.3, -0.25) is 4.79 Å². The third-order valence-electron chi connectivity index (χ3n) is 4.64. The summed E-state index contributed by atoms with van der Waals surface area (Å²) in [7, 11) is 0. The number of carboxylic acid groups (broad SMARTS) is 1. The number of rotatable bonds is 6. The van der Waals surface area contributed by atoms with Gasteiger partial charge in [0.25, 0.3) is 0 Å². The molecule has 0 radical (unpaired) electrons. The summed E-state index contributed by atoms with van der Waals surface area (Å²) in [4.78, 5) is 12.0. The topological polar surface area (TPSA) is 75.3 Å². The van der Waals surface area contributed by atoms with Gasteiger partial charge in [-0.2, -0.15) is 0 Å². The molecule has 1 aromatic heterocycles. The van der Waals surface area contributed by atoms with Gasteiger partial charge >= 0.3 is 5.97 Å². The molecule has 1 heterocycles. The van der Waals surface area contributed by atoms with E-state index in [9.17, 15) is 4.79 Å². The van der Waals surface area contributed by atoms with E-state index >= 15 is 0 Å². The van der Waals surface area contributed by atoms with Crippen molar-refractivity contribution < 1.29 is 9.90 Å². The van der Waals surface area contributed by atoms with E-state index in [0.29, 0.717) is 6.54 Å². The highest BCUT2D eigenvalue weighted by Crippen LogP contribution is 2.36. The lowest BCUT2D eigenvalue weighted by atomic mass is 10.0. The summed E-state index contributed by atoms with van der Waals surface area (Å²) < 4.78 is 1.24. The van der Waals surface area contributed by atoms with E-state index in [2.05, 4.69) is 72.0 Å². The number of aliphatic carboxylic acids is 1. The van der Waals surface area contributed by atoms with Crippen molar-refractivity contribution in [1.82, 2.24) is 5.32 Å². The Hall–Kier alpha value is -2.73. The van der Waals surface area contributed by atoms with Crippen LogP contribution in [0.25, 0.3) is 32.0 Å². The average molecular weight is 376 g/mol. The van der Waals surface area contributed by atoms with Gasteiger partial charge in [-0.15, -0.1) is 11.3 Å². The highest BCUT2D eigenvalue weighted by molar-refractivity contribution is 7.19. The summed E-state index contributed by atoms with van der Waals surface area (Å²) in [5, 5.41) is 15.7. The molecule has 27 heavy (non-hydrogen) atoms. The van der Waals surface area contributed by atoms with E-state index in [1.165, 1.54) is 32.0 Å². The molecule has 0 saturated carbocycles. The van der Waals surface area contributed by atoms with E-state index in [0.717, 1.165) is 4.88 Å². The van der Waals surface area contributed by atoms with Crippen molar-refractivity contribution in [2.24, 2.45) is 5.73 Å². The SMILES string of the molecule is NC(CNCc1cc2cccc(-c3ccc4ccccc4c3)c2s1)C(=O)O. The fourth-order valence-electron chi connectivity index (χ4n) is 3.23. The Morgan fingerprint density at radius 1 is 1.00 bits per heavy atom. The maximum Gasteiger partial charge on any atom is 0.321 e. The van der Waals surface area contributed by atoms with Crippen LogP contribution in [-0.2, 0) is 11.3 Å². The lowest BCUT2D eigenvalue weighted by Gasteiger charge is -2.07. The lowest BCUT2D eigenvalue weighted by molar-refractivity contribution is -0.138. The van der Waals surface area contributed by atoms with Gasteiger partial charge in [0.1, 0.15) is 6.04 Å². The van der Waals surface area contributed by atoms with E-state index in [1.54, 1.807) is 11.3 Å². The molecule has 0 aliphatic rings. The van der Waals surface area contributed by atoms with Crippen LogP contribution in [0, 0.1) is 0 Å².